The van der Waals surface area contributed by atoms with Crippen LogP contribution in [0.4, 0.5) is 10.3 Å². The van der Waals surface area contributed by atoms with Gasteiger partial charge in [0.1, 0.15) is 0 Å². The molecule has 1 aliphatic carbocycles. The van der Waals surface area contributed by atoms with Gasteiger partial charge in [-0.05, 0) is 19.3 Å². The van der Waals surface area contributed by atoms with Crippen molar-refractivity contribution >= 4 is 11.9 Å². The molecule has 1 saturated carbocycles. The summed E-state index contributed by atoms with van der Waals surface area (Å²) < 4.78 is 12.7. The lowest BCUT2D eigenvalue weighted by molar-refractivity contribution is -0.128. The average molecular weight is 334 g/mol. The maximum Gasteiger partial charge on any atom is 0.226 e. The molecule has 0 aromatic carbocycles. The van der Waals surface area contributed by atoms with Crippen molar-refractivity contribution in [2.45, 2.75) is 57.8 Å². The Labute approximate surface area is 143 Å². The molecule has 1 aromatic heterocycles. The summed E-state index contributed by atoms with van der Waals surface area (Å²) in [6.07, 6.45) is 13.9. The van der Waals surface area contributed by atoms with Gasteiger partial charge in [0.15, 0.2) is 5.82 Å². The quantitative estimate of drug-likeness (QED) is 0.857. The predicted octanol–water partition coefficient (Wildman–Crippen LogP) is 3.06. The van der Waals surface area contributed by atoms with Crippen molar-refractivity contribution in [1.82, 2.24) is 15.3 Å². The second kappa shape index (κ2) is 7.90. The molecule has 3 fully saturated rings. The van der Waals surface area contributed by atoms with Crippen molar-refractivity contribution in [3.8, 4) is 0 Å². The largest absolute Gasteiger partial charge is 0.356 e. The number of carbonyl (C=O) groups excluding carboxylic acids is 1. The highest BCUT2D eigenvalue weighted by molar-refractivity contribution is 5.85. The van der Waals surface area contributed by atoms with Crippen LogP contribution >= 0.6 is 0 Å². The number of hydrogen-bond acceptors (Lipinski definition) is 4. The topological polar surface area (TPSA) is 58.1 Å². The molecule has 3 aliphatic rings. The Kier molecular flexibility index (Phi) is 5.63. The van der Waals surface area contributed by atoms with E-state index in [1.807, 2.05) is 4.90 Å². The van der Waals surface area contributed by atoms with Crippen LogP contribution in [0.5, 0.6) is 0 Å². The van der Waals surface area contributed by atoms with Crippen LogP contribution in [-0.2, 0) is 4.79 Å². The lowest BCUT2D eigenvalue weighted by Crippen LogP contribution is -2.44. The molecule has 24 heavy (non-hydrogen) atoms. The molecule has 0 unspecified atom stereocenters. The number of piperidine rings is 1. The van der Waals surface area contributed by atoms with Gasteiger partial charge in [0.25, 0.3) is 0 Å². The van der Waals surface area contributed by atoms with Crippen LogP contribution in [0.2, 0.25) is 0 Å². The van der Waals surface area contributed by atoms with E-state index in [1.165, 1.54) is 50.9 Å². The molecule has 0 radical (unpaired) electrons. The van der Waals surface area contributed by atoms with E-state index < -0.39 is 5.82 Å². The lowest BCUT2D eigenvalue weighted by Gasteiger charge is -2.37. The highest BCUT2D eigenvalue weighted by Gasteiger charge is 2.44. The normalized spacial score (nSPS) is 22.7. The monoisotopic (exact) mass is 334 g/mol. The number of nitrogens with zero attached hydrogens (tertiary/aromatic N) is 3. The van der Waals surface area contributed by atoms with E-state index in [0.717, 1.165) is 38.9 Å². The summed E-state index contributed by atoms with van der Waals surface area (Å²) in [5.74, 6) is 0.300. The van der Waals surface area contributed by atoms with E-state index in [-0.39, 0.29) is 11.3 Å². The van der Waals surface area contributed by atoms with Crippen molar-refractivity contribution in [3.63, 3.8) is 0 Å². The third kappa shape index (κ3) is 4.02. The summed E-state index contributed by atoms with van der Waals surface area (Å²) in [5.41, 5.74) is -0.184. The van der Waals surface area contributed by atoms with Gasteiger partial charge in [0, 0.05) is 19.6 Å². The van der Waals surface area contributed by atoms with E-state index >= 15 is 0 Å². The first-order valence-corrected chi connectivity index (χ1v) is 9.20. The molecule has 132 valence electrons. The Morgan fingerprint density at radius 1 is 0.958 bits per heavy atom. The van der Waals surface area contributed by atoms with E-state index in [2.05, 4.69) is 15.3 Å². The number of hydrogen-bond donors (Lipinski definition) is 1. The van der Waals surface area contributed by atoms with E-state index in [1.54, 1.807) is 0 Å². The van der Waals surface area contributed by atoms with Crippen LogP contribution in [0.15, 0.2) is 12.4 Å². The Morgan fingerprint density at radius 2 is 1.50 bits per heavy atom. The van der Waals surface area contributed by atoms with Gasteiger partial charge in [-0.15, -0.1) is 0 Å². The molecule has 2 saturated heterocycles. The number of aromatic nitrogens is 2. The number of amides is 1. The van der Waals surface area contributed by atoms with Gasteiger partial charge >= 0.3 is 0 Å². The van der Waals surface area contributed by atoms with Gasteiger partial charge in [-0.2, -0.15) is 0 Å². The summed E-state index contributed by atoms with van der Waals surface area (Å²) in [7, 11) is 0. The van der Waals surface area contributed by atoms with Gasteiger partial charge in [-0.3, -0.25) is 4.79 Å². The minimum atomic E-state index is -0.428. The zero-order chi connectivity index (χ0) is 16.8. The van der Waals surface area contributed by atoms with Gasteiger partial charge < -0.3 is 10.2 Å². The highest BCUT2D eigenvalue weighted by Crippen LogP contribution is 2.38. The molecule has 6 heteroatoms. The number of rotatable bonds is 1. The van der Waals surface area contributed by atoms with Gasteiger partial charge in [-0.1, -0.05) is 38.5 Å². The van der Waals surface area contributed by atoms with Crippen molar-refractivity contribution in [2.24, 2.45) is 5.41 Å². The van der Waals surface area contributed by atoms with E-state index in [9.17, 15) is 9.18 Å². The molecule has 0 bridgehead atoms. The molecule has 5 nitrogen and oxygen atoms in total. The number of anilines is 1. The molecule has 0 atom stereocenters. The fraction of sp³-hybridized carbons (Fsp3) is 0.722. The molecular formula is C18H27FN4O. The van der Waals surface area contributed by atoms with Crippen LogP contribution in [0.3, 0.4) is 0 Å². The molecule has 1 N–H and O–H groups in total. The van der Waals surface area contributed by atoms with Crippen molar-refractivity contribution in [1.29, 1.82) is 0 Å². The Balaban J connectivity index is 0.000000238. The van der Waals surface area contributed by atoms with Crippen LogP contribution in [0, 0.1) is 11.2 Å². The SMILES string of the molecule is C1CCCCC1.O=C1NCCC12CCN(c1ncc(F)cn1)CC2. The lowest BCUT2D eigenvalue weighted by atomic mass is 9.77. The number of halogens is 1. The van der Waals surface area contributed by atoms with Crippen LogP contribution in [-0.4, -0.2) is 35.5 Å². The molecular weight excluding hydrogens is 307 g/mol. The van der Waals surface area contributed by atoms with E-state index in [4.69, 9.17) is 0 Å². The zero-order valence-electron chi connectivity index (χ0n) is 14.3. The van der Waals surface area contributed by atoms with Crippen molar-refractivity contribution in [3.05, 3.63) is 18.2 Å². The summed E-state index contributed by atoms with van der Waals surface area (Å²) in [6.45, 7) is 2.28. The first-order valence-electron chi connectivity index (χ1n) is 9.20. The highest BCUT2D eigenvalue weighted by atomic mass is 19.1. The second-order valence-corrected chi connectivity index (χ2v) is 7.10. The van der Waals surface area contributed by atoms with Crippen molar-refractivity contribution < 1.29 is 9.18 Å². The Hall–Kier alpha value is -1.72. The Bertz CT molecular complexity index is 525. The summed E-state index contributed by atoms with van der Waals surface area (Å²) in [4.78, 5) is 21.8. The molecule has 3 heterocycles. The molecule has 1 spiro atoms. The van der Waals surface area contributed by atoms with Gasteiger partial charge in [0.05, 0.1) is 17.8 Å². The summed E-state index contributed by atoms with van der Waals surface area (Å²) >= 11 is 0. The maximum absolute atomic E-state index is 12.7. The van der Waals surface area contributed by atoms with Crippen LogP contribution in [0.1, 0.15) is 57.8 Å². The summed E-state index contributed by atoms with van der Waals surface area (Å²) in [6, 6.07) is 0. The zero-order valence-corrected chi connectivity index (χ0v) is 14.3. The standard InChI is InChI=1S/C12H15FN4O.C6H12/c13-9-7-15-11(16-8-9)17-5-2-12(3-6-17)1-4-14-10(12)18;1-2-4-6-5-3-1/h7-8H,1-6H2,(H,14,18);1-6H2. The van der Waals surface area contributed by atoms with Crippen molar-refractivity contribution in [2.75, 3.05) is 24.5 Å². The fourth-order valence-electron chi connectivity index (χ4n) is 3.86. The number of carbonyl (C=O) groups is 1. The number of nitrogens with one attached hydrogen (secondary N) is 1. The fourth-order valence-corrected chi connectivity index (χ4v) is 3.86. The second-order valence-electron chi connectivity index (χ2n) is 7.10. The first-order chi connectivity index (χ1) is 11.7. The molecule has 4 rings (SSSR count). The molecule has 1 aromatic rings. The first kappa shape index (κ1) is 17.1. The van der Waals surface area contributed by atoms with Gasteiger partial charge in [0.2, 0.25) is 11.9 Å². The maximum atomic E-state index is 12.7. The third-order valence-corrected chi connectivity index (χ3v) is 5.48. The smallest absolute Gasteiger partial charge is 0.226 e. The minimum absolute atomic E-state index is 0.183. The predicted molar refractivity (Wildman–Crippen MR) is 91.2 cm³/mol. The molecule has 1 amide bonds. The van der Waals surface area contributed by atoms with Crippen LogP contribution < -0.4 is 10.2 Å². The van der Waals surface area contributed by atoms with Crippen LogP contribution in [0.25, 0.3) is 0 Å². The van der Waals surface area contributed by atoms with E-state index in [0.29, 0.717) is 5.95 Å². The average Bonchev–Trinajstić information content (AvgIpc) is 2.99. The molecule has 2 aliphatic heterocycles. The summed E-state index contributed by atoms with van der Waals surface area (Å²) in [5, 5.41) is 2.90. The Morgan fingerprint density at radius 3 is 1.96 bits per heavy atom. The minimum Gasteiger partial charge on any atom is -0.356 e. The van der Waals surface area contributed by atoms with Gasteiger partial charge in [-0.25, -0.2) is 14.4 Å². The third-order valence-electron chi connectivity index (χ3n) is 5.48.